The van der Waals surface area contributed by atoms with Crippen LogP contribution < -0.4 is 0 Å². The first kappa shape index (κ1) is 13.9. The first-order valence-electron chi connectivity index (χ1n) is 5.86. The van der Waals surface area contributed by atoms with Gasteiger partial charge in [0, 0.05) is 24.5 Å². The number of ether oxygens (including phenoxy) is 1. The number of para-hydroxylation sites is 1. The Bertz CT molecular complexity index is 479. The van der Waals surface area contributed by atoms with Crippen molar-refractivity contribution in [3.05, 3.63) is 39.9 Å². The second kappa shape index (κ2) is 5.22. The molecule has 0 bridgehead atoms. The Morgan fingerprint density at radius 2 is 2.16 bits per heavy atom. The van der Waals surface area contributed by atoms with E-state index in [0.717, 1.165) is 0 Å². The predicted molar refractivity (Wildman–Crippen MR) is 64.3 cm³/mol. The van der Waals surface area contributed by atoms with Gasteiger partial charge in [0.15, 0.2) is 5.79 Å². The third kappa shape index (κ3) is 2.90. The van der Waals surface area contributed by atoms with E-state index in [9.17, 15) is 20.3 Å². The minimum Gasteiger partial charge on any atom is -0.394 e. The Balaban J connectivity index is 2.20. The molecule has 19 heavy (non-hydrogen) atoms. The maximum Gasteiger partial charge on any atom is 0.272 e. The highest BCUT2D eigenvalue weighted by molar-refractivity contribution is 5.40. The molecule has 0 aromatic heterocycles. The number of nitro benzene ring substituents is 1. The van der Waals surface area contributed by atoms with E-state index >= 15 is 0 Å². The molecule has 3 N–H and O–H groups in total. The summed E-state index contributed by atoms with van der Waals surface area (Å²) in [5.41, 5.74) is 0.210. The van der Waals surface area contributed by atoms with Crippen molar-refractivity contribution in [1.82, 2.24) is 0 Å². The third-order valence-electron chi connectivity index (χ3n) is 3.16. The van der Waals surface area contributed by atoms with Gasteiger partial charge < -0.3 is 20.1 Å². The monoisotopic (exact) mass is 269 g/mol. The van der Waals surface area contributed by atoms with Crippen LogP contribution >= 0.6 is 0 Å². The lowest BCUT2D eigenvalue weighted by atomic mass is 10.00. The van der Waals surface area contributed by atoms with Gasteiger partial charge in [0.1, 0.15) is 6.10 Å². The van der Waals surface area contributed by atoms with Gasteiger partial charge in [0.25, 0.3) is 5.69 Å². The Hall–Kier alpha value is -1.54. The zero-order chi connectivity index (χ0) is 14.0. The molecular formula is C12H15NO6. The highest BCUT2D eigenvalue weighted by Gasteiger charge is 2.45. The SMILES string of the molecule is O=[N+]([O-])c1ccccc1CC1(O)C[C@H](O)[C@@H](CO)O1. The van der Waals surface area contributed by atoms with Gasteiger partial charge in [-0.05, 0) is 0 Å². The highest BCUT2D eigenvalue weighted by atomic mass is 16.7. The minimum absolute atomic E-state index is 0.0930. The molecule has 1 heterocycles. The van der Waals surface area contributed by atoms with Crippen molar-refractivity contribution in [2.45, 2.75) is 30.8 Å². The van der Waals surface area contributed by atoms with Gasteiger partial charge in [-0.3, -0.25) is 10.1 Å². The molecule has 0 amide bonds. The topological polar surface area (TPSA) is 113 Å². The van der Waals surface area contributed by atoms with Gasteiger partial charge in [-0.1, -0.05) is 18.2 Å². The molecule has 0 spiro atoms. The first-order valence-corrected chi connectivity index (χ1v) is 5.86. The normalized spacial score (nSPS) is 30.5. The van der Waals surface area contributed by atoms with Crippen LogP contribution in [0.15, 0.2) is 24.3 Å². The van der Waals surface area contributed by atoms with Gasteiger partial charge in [0.2, 0.25) is 0 Å². The number of rotatable bonds is 4. The van der Waals surface area contributed by atoms with E-state index in [0.29, 0.717) is 5.56 Å². The van der Waals surface area contributed by atoms with E-state index in [1.165, 1.54) is 18.2 Å². The van der Waals surface area contributed by atoms with Crippen LogP contribution in [0, 0.1) is 10.1 Å². The number of hydrogen-bond donors (Lipinski definition) is 3. The van der Waals surface area contributed by atoms with E-state index in [-0.39, 0.29) is 18.5 Å². The van der Waals surface area contributed by atoms with Crippen LogP contribution in [0.5, 0.6) is 0 Å². The van der Waals surface area contributed by atoms with Gasteiger partial charge in [-0.25, -0.2) is 0 Å². The van der Waals surface area contributed by atoms with E-state index in [2.05, 4.69) is 0 Å². The summed E-state index contributed by atoms with van der Waals surface area (Å²) in [5, 5.41) is 39.7. The second-order valence-corrected chi connectivity index (χ2v) is 4.62. The molecule has 7 nitrogen and oxygen atoms in total. The lowest BCUT2D eigenvalue weighted by Crippen LogP contribution is -2.32. The van der Waals surface area contributed by atoms with Crippen molar-refractivity contribution >= 4 is 5.69 Å². The molecule has 0 saturated carbocycles. The molecule has 104 valence electrons. The van der Waals surface area contributed by atoms with Crippen LogP contribution in [0.1, 0.15) is 12.0 Å². The Labute approximate surface area is 109 Å². The van der Waals surface area contributed by atoms with Crippen LogP contribution in [0.3, 0.4) is 0 Å². The summed E-state index contributed by atoms with van der Waals surface area (Å²) in [4.78, 5) is 10.3. The zero-order valence-corrected chi connectivity index (χ0v) is 10.1. The lowest BCUT2D eigenvalue weighted by molar-refractivity contribution is -0.386. The number of aliphatic hydroxyl groups excluding tert-OH is 2. The Morgan fingerprint density at radius 1 is 1.47 bits per heavy atom. The second-order valence-electron chi connectivity index (χ2n) is 4.62. The van der Waals surface area contributed by atoms with E-state index < -0.39 is 29.5 Å². The largest absolute Gasteiger partial charge is 0.394 e. The fourth-order valence-electron chi connectivity index (χ4n) is 2.28. The zero-order valence-electron chi connectivity index (χ0n) is 10.1. The summed E-state index contributed by atoms with van der Waals surface area (Å²) in [6.07, 6.45) is -2.06. The number of aliphatic hydroxyl groups is 3. The van der Waals surface area contributed by atoms with Crippen LogP contribution in [0.25, 0.3) is 0 Å². The number of nitro groups is 1. The average Bonchev–Trinajstić information content (AvgIpc) is 2.64. The third-order valence-corrected chi connectivity index (χ3v) is 3.16. The molecular weight excluding hydrogens is 254 g/mol. The molecule has 1 saturated heterocycles. The quantitative estimate of drug-likeness (QED) is 0.522. The van der Waals surface area contributed by atoms with E-state index in [1.54, 1.807) is 6.07 Å². The van der Waals surface area contributed by atoms with Gasteiger partial charge >= 0.3 is 0 Å². The maximum absolute atomic E-state index is 10.9. The summed E-state index contributed by atoms with van der Waals surface area (Å²) in [7, 11) is 0. The molecule has 1 unspecified atom stereocenters. The highest BCUT2D eigenvalue weighted by Crippen LogP contribution is 2.33. The fraction of sp³-hybridized carbons (Fsp3) is 0.500. The van der Waals surface area contributed by atoms with E-state index in [1.807, 2.05) is 0 Å². The first-order chi connectivity index (χ1) is 8.95. The van der Waals surface area contributed by atoms with Crippen molar-refractivity contribution in [3.63, 3.8) is 0 Å². The molecule has 2 rings (SSSR count). The molecule has 1 aromatic rings. The van der Waals surface area contributed by atoms with Crippen molar-refractivity contribution in [1.29, 1.82) is 0 Å². The van der Waals surface area contributed by atoms with Crippen LogP contribution in [0.4, 0.5) is 5.69 Å². The van der Waals surface area contributed by atoms with Gasteiger partial charge in [0.05, 0.1) is 17.6 Å². The lowest BCUT2D eigenvalue weighted by Gasteiger charge is -2.22. The molecule has 0 radical (unpaired) electrons. The Kier molecular flexibility index (Phi) is 3.81. The number of nitrogens with zero attached hydrogens (tertiary/aromatic N) is 1. The average molecular weight is 269 g/mol. The van der Waals surface area contributed by atoms with Crippen molar-refractivity contribution in [3.8, 4) is 0 Å². The number of hydrogen-bond acceptors (Lipinski definition) is 6. The summed E-state index contributed by atoms with van der Waals surface area (Å²) in [6, 6.07) is 6.03. The molecule has 1 aliphatic heterocycles. The summed E-state index contributed by atoms with van der Waals surface area (Å²) in [5.74, 6) is -1.70. The van der Waals surface area contributed by atoms with Gasteiger partial charge in [-0.2, -0.15) is 0 Å². The van der Waals surface area contributed by atoms with Crippen LogP contribution in [0.2, 0.25) is 0 Å². The van der Waals surface area contributed by atoms with Crippen LogP contribution in [-0.4, -0.2) is 44.8 Å². The molecule has 1 aromatic carbocycles. The van der Waals surface area contributed by atoms with Crippen molar-refractivity contribution in [2.24, 2.45) is 0 Å². The fourth-order valence-corrected chi connectivity index (χ4v) is 2.28. The van der Waals surface area contributed by atoms with E-state index in [4.69, 9.17) is 9.84 Å². The minimum atomic E-state index is -1.70. The smallest absolute Gasteiger partial charge is 0.272 e. The van der Waals surface area contributed by atoms with Crippen LogP contribution in [-0.2, 0) is 11.2 Å². The molecule has 7 heteroatoms. The maximum atomic E-state index is 10.9. The van der Waals surface area contributed by atoms with Gasteiger partial charge in [-0.15, -0.1) is 0 Å². The standard InChI is InChI=1S/C12H15NO6/c14-7-11-10(15)6-12(16,19-11)5-8-3-1-2-4-9(8)13(17)18/h1-4,10-11,14-16H,5-7H2/t10-,11+,12?/m0/s1. The molecule has 1 aliphatic rings. The number of benzene rings is 1. The summed E-state index contributed by atoms with van der Waals surface area (Å²) >= 11 is 0. The van der Waals surface area contributed by atoms with Crippen molar-refractivity contribution in [2.75, 3.05) is 6.61 Å². The molecule has 0 aliphatic carbocycles. The molecule has 1 fully saturated rings. The summed E-state index contributed by atoms with van der Waals surface area (Å²) in [6.45, 7) is -0.416. The predicted octanol–water partition coefficient (Wildman–Crippen LogP) is -0.0320. The van der Waals surface area contributed by atoms with Crippen molar-refractivity contribution < 1.29 is 25.0 Å². The molecule has 3 atom stereocenters. The Morgan fingerprint density at radius 3 is 2.74 bits per heavy atom. The summed E-state index contributed by atoms with van der Waals surface area (Å²) < 4.78 is 5.18.